The summed E-state index contributed by atoms with van der Waals surface area (Å²) in [5, 5.41) is 2.74. The highest BCUT2D eigenvalue weighted by molar-refractivity contribution is 5.92. The van der Waals surface area contributed by atoms with Gasteiger partial charge in [-0.1, -0.05) is 19.9 Å². The van der Waals surface area contributed by atoms with Crippen molar-refractivity contribution in [3.8, 4) is 0 Å². The minimum Gasteiger partial charge on any atom is -0.349 e. The maximum Gasteiger partial charge on any atom is 0.270 e. The number of pyridine rings is 1. The molecule has 1 rings (SSSR count). The van der Waals surface area contributed by atoms with Crippen LogP contribution in [0.15, 0.2) is 18.2 Å². The molecule has 0 saturated carbocycles. The van der Waals surface area contributed by atoms with Gasteiger partial charge in [0.05, 0.1) is 0 Å². The molecule has 1 N–H and O–H groups in total. The smallest absolute Gasteiger partial charge is 0.270 e. The van der Waals surface area contributed by atoms with Gasteiger partial charge in [0.2, 0.25) is 5.95 Å². The first-order chi connectivity index (χ1) is 8.67. The lowest BCUT2D eigenvalue weighted by molar-refractivity contribution is 0.0942. The Balaban J connectivity index is 2.37. The number of aromatic nitrogens is 1. The molecule has 0 radical (unpaired) electrons. The minimum atomic E-state index is -0.635. The normalized spacial score (nSPS) is 10.7. The predicted octanol–water partition coefficient (Wildman–Crippen LogP) is 1.68. The van der Waals surface area contributed by atoms with Crippen LogP contribution in [-0.4, -0.2) is 42.0 Å². The zero-order chi connectivity index (χ0) is 13.4. The van der Waals surface area contributed by atoms with E-state index in [2.05, 4.69) is 29.0 Å². The highest BCUT2D eigenvalue weighted by atomic mass is 19.1. The summed E-state index contributed by atoms with van der Waals surface area (Å²) in [6.45, 7) is 7.53. The summed E-state index contributed by atoms with van der Waals surface area (Å²) in [6, 6.07) is 4.20. The average molecular weight is 253 g/mol. The molecule has 0 aliphatic heterocycles. The van der Waals surface area contributed by atoms with Gasteiger partial charge in [-0.2, -0.15) is 4.39 Å². The topological polar surface area (TPSA) is 45.2 Å². The molecule has 1 aromatic heterocycles. The van der Waals surface area contributed by atoms with Crippen LogP contribution in [0, 0.1) is 5.95 Å². The fourth-order valence-corrected chi connectivity index (χ4v) is 1.70. The summed E-state index contributed by atoms with van der Waals surface area (Å²) in [6.07, 6.45) is 1.09. The number of amides is 1. The molecule has 18 heavy (non-hydrogen) atoms. The zero-order valence-electron chi connectivity index (χ0n) is 10.9. The van der Waals surface area contributed by atoms with Crippen molar-refractivity contribution in [3.05, 3.63) is 29.8 Å². The van der Waals surface area contributed by atoms with Crippen molar-refractivity contribution in [2.24, 2.45) is 0 Å². The van der Waals surface area contributed by atoms with Crippen LogP contribution < -0.4 is 5.32 Å². The first-order valence-corrected chi connectivity index (χ1v) is 6.30. The Hall–Kier alpha value is -1.49. The van der Waals surface area contributed by atoms with Crippen molar-refractivity contribution in [2.75, 3.05) is 26.2 Å². The molecule has 0 aliphatic carbocycles. The highest BCUT2D eigenvalue weighted by Gasteiger charge is 2.08. The number of rotatable bonds is 7. The molecule has 0 spiro atoms. The SMILES string of the molecule is CCCN(CC)CCNC(=O)c1cccc(F)n1. The molecule has 0 unspecified atom stereocenters. The number of nitrogens with one attached hydrogen (secondary N) is 1. The van der Waals surface area contributed by atoms with E-state index in [1.54, 1.807) is 0 Å². The van der Waals surface area contributed by atoms with E-state index in [-0.39, 0.29) is 11.6 Å². The van der Waals surface area contributed by atoms with Crippen LogP contribution in [0.1, 0.15) is 30.8 Å². The van der Waals surface area contributed by atoms with Gasteiger partial charge in [-0.25, -0.2) is 4.98 Å². The van der Waals surface area contributed by atoms with Gasteiger partial charge in [-0.05, 0) is 31.6 Å². The molecule has 0 fully saturated rings. The van der Waals surface area contributed by atoms with E-state index in [1.165, 1.54) is 18.2 Å². The third kappa shape index (κ3) is 4.79. The Morgan fingerprint density at radius 3 is 2.78 bits per heavy atom. The van der Waals surface area contributed by atoms with Gasteiger partial charge in [0.25, 0.3) is 5.91 Å². The molecule has 1 amide bonds. The summed E-state index contributed by atoms with van der Waals surface area (Å²) in [7, 11) is 0. The molecule has 4 nitrogen and oxygen atoms in total. The van der Waals surface area contributed by atoms with Gasteiger partial charge < -0.3 is 10.2 Å². The Bertz CT molecular complexity index is 384. The number of carbonyl (C=O) groups excluding carboxylic acids is 1. The number of likely N-dealkylation sites (N-methyl/N-ethyl adjacent to an activating group) is 1. The Kier molecular flexibility index (Phi) is 6.28. The van der Waals surface area contributed by atoms with Crippen molar-refractivity contribution >= 4 is 5.91 Å². The molecule has 0 atom stereocenters. The van der Waals surface area contributed by atoms with Crippen molar-refractivity contribution in [1.29, 1.82) is 0 Å². The lowest BCUT2D eigenvalue weighted by Crippen LogP contribution is -2.35. The molecule has 0 saturated heterocycles. The van der Waals surface area contributed by atoms with E-state index >= 15 is 0 Å². The van der Waals surface area contributed by atoms with E-state index in [4.69, 9.17) is 0 Å². The molecule has 0 aliphatic rings. The van der Waals surface area contributed by atoms with E-state index < -0.39 is 5.95 Å². The third-order valence-electron chi connectivity index (χ3n) is 2.65. The fourth-order valence-electron chi connectivity index (χ4n) is 1.70. The van der Waals surface area contributed by atoms with Crippen molar-refractivity contribution in [3.63, 3.8) is 0 Å². The second kappa shape index (κ2) is 7.76. The third-order valence-corrected chi connectivity index (χ3v) is 2.65. The van der Waals surface area contributed by atoms with Gasteiger partial charge in [-0.15, -0.1) is 0 Å². The maximum atomic E-state index is 12.8. The van der Waals surface area contributed by atoms with Gasteiger partial charge in [0.15, 0.2) is 0 Å². The molecule has 0 bridgehead atoms. The predicted molar refractivity (Wildman–Crippen MR) is 68.9 cm³/mol. The van der Waals surface area contributed by atoms with Gasteiger partial charge in [0.1, 0.15) is 5.69 Å². The number of halogens is 1. The van der Waals surface area contributed by atoms with Crippen LogP contribution in [0.25, 0.3) is 0 Å². The van der Waals surface area contributed by atoms with E-state index in [0.717, 1.165) is 26.1 Å². The first kappa shape index (κ1) is 14.6. The molecule has 100 valence electrons. The Labute approximate surface area is 107 Å². The van der Waals surface area contributed by atoms with Gasteiger partial charge in [0, 0.05) is 13.1 Å². The number of nitrogens with zero attached hydrogens (tertiary/aromatic N) is 2. The summed E-state index contributed by atoms with van der Waals surface area (Å²) < 4.78 is 12.8. The number of carbonyl (C=O) groups is 1. The van der Waals surface area contributed by atoms with Gasteiger partial charge in [-0.3, -0.25) is 4.79 Å². The van der Waals surface area contributed by atoms with Crippen LogP contribution >= 0.6 is 0 Å². The highest BCUT2D eigenvalue weighted by Crippen LogP contribution is 1.97. The second-order valence-electron chi connectivity index (χ2n) is 4.04. The van der Waals surface area contributed by atoms with E-state index in [9.17, 15) is 9.18 Å². The van der Waals surface area contributed by atoms with E-state index in [1.807, 2.05) is 0 Å². The summed E-state index contributed by atoms with van der Waals surface area (Å²) in [5.74, 6) is -0.967. The molecule has 1 aromatic rings. The monoisotopic (exact) mass is 253 g/mol. The van der Waals surface area contributed by atoms with Crippen molar-refractivity contribution in [2.45, 2.75) is 20.3 Å². The zero-order valence-corrected chi connectivity index (χ0v) is 10.9. The molecule has 5 heteroatoms. The standard InChI is InChI=1S/C13H20FN3O/c1-3-9-17(4-2)10-8-15-13(18)11-6-5-7-12(14)16-11/h5-7H,3-4,8-10H2,1-2H3,(H,15,18). The van der Waals surface area contributed by atoms with Crippen LogP contribution in [0.5, 0.6) is 0 Å². The lowest BCUT2D eigenvalue weighted by atomic mass is 10.3. The maximum absolute atomic E-state index is 12.8. The quantitative estimate of drug-likeness (QED) is 0.752. The van der Waals surface area contributed by atoms with E-state index in [0.29, 0.717) is 6.54 Å². The first-order valence-electron chi connectivity index (χ1n) is 6.30. The van der Waals surface area contributed by atoms with Crippen molar-refractivity contribution in [1.82, 2.24) is 15.2 Å². The summed E-state index contributed by atoms with van der Waals surface area (Å²) in [5.41, 5.74) is 0.119. The molecular weight excluding hydrogens is 233 g/mol. The van der Waals surface area contributed by atoms with Gasteiger partial charge >= 0.3 is 0 Å². The number of hydrogen-bond donors (Lipinski definition) is 1. The molecular formula is C13H20FN3O. The summed E-state index contributed by atoms with van der Waals surface area (Å²) in [4.78, 5) is 17.5. The van der Waals surface area contributed by atoms with Crippen LogP contribution in [-0.2, 0) is 0 Å². The average Bonchev–Trinajstić information content (AvgIpc) is 2.37. The van der Waals surface area contributed by atoms with Crippen LogP contribution in [0.2, 0.25) is 0 Å². The van der Waals surface area contributed by atoms with Crippen molar-refractivity contribution < 1.29 is 9.18 Å². The molecule has 0 aromatic carbocycles. The Morgan fingerprint density at radius 2 is 2.17 bits per heavy atom. The Morgan fingerprint density at radius 1 is 1.39 bits per heavy atom. The van der Waals surface area contributed by atoms with Crippen LogP contribution in [0.4, 0.5) is 4.39 Å². The number of hydrogen-bond acceptors (Lipinski definition) is 3. The fraction of sp³-hybridized carbons (Fsp3) is 0.538. The molecule has 1 heterocycles. The summed E-state index contributed by atoms with van der Waals surface area (Å²) >= 11 is 0. The largest absolute Gasteiger partial charge is 0.349 e. The minimum absolute atomic E-state index is 0.119. The lowest BCUT2D eigenvalue weighted by Gasteiger charge is -2.19. The second-order valence-corrected chi connectivity index (χ2v) is 4.04. The van der Waals surface area contributed by atoms with Crippen LogP contribution in [0.3, 0.4) is 0 Å².